The van der Waals surface area contributed by atoms with Crippen molar-refractivity contribution in [1.29, 1.82) is 0 Å². The molecule has 1 rings (SSSR count). The molecule has 0 bridgehead atoms. The number of thioether (sulfide) groups is 1. The maximum absolute atomic E-state index is 13.3. The molecule has 2 nitrogen and oxygen atoms in total. The van der Waals surface area contributed by atoms with Crippen LogP contribution in [0, 0.1) is 5.82 Å². The minimum atomic E-state index is -0.248. The quantitative estimate of drug-likeness (QED) is 0.730. The average Bonchev–Trinajstić information content (AvgIpc) is 2.35. The zero-order chi connectivity index (χ0) is 13.4. The van der Waals surface area contributed by atoms with Crippen LogP contribution in [0.25, 0.3) is 0 Å². The third-order valence-electron chi connectivity index (χ3n) is 2.70. The molecule has 1 atom stereocenters. The number of benzene rings is 1. The summed E-state index contributed by atoms with van der Waals surface area (Å²) in [7, 11) is 0. The first kappa shape index (κ1) is 15.3. The molecule has 102 valence electrons. The van der Waals surface area contributed by atoms with E-state index in [-0.39, 0.29) is 11.9 Å². The summed E-state index contributed by atoms with van der Waals surface area (Å²) in [6.45, 7) is 5.63. The smallest absolute Gasteiger partial charge is 0.126 e. The Morgan fingerprint density at radius 1 is 1.44 bits per heavy atom. The van der Waals surface area contributed by atoms with E-state index in [1.807, 2.05) is 0 Å². The second-order valence-electron chi connectivity index (χ2n) is 4.16. The number of ether oxygens (including phenoxy) is 1. The summed E-state index contributed by atoms with van der Waals surface area (Å²) in [5.41, 5.74) is 1.02. The van der Waals surface area contributed by atoms with Gasteiger partial charge >= 0.3 is 0 Å². The van der Waals surface area contributed by atoms with Gasteiger partial charge in [0.25, 0.3) is 0 Å². The highest BCUT2D eigenvalue weighted by atomic mass is 32.2. The van der Waals surface area contributed by atoms with E-state index in [1.165, 1.54) is 12.1 Å². The zero-order valence-electron chi connectivity index (χ0n) is 11.3. The minimum absolute atomic E-state index is 0.172. The largest absolute Gasteiger partial charge is 0.493 e. The highest BCUT2D eigenvalue weighted by Crippen LogP contribution is 2.26. The predicted molar refractivity (Wildman–Crippen MR) is 77.0 cm³/mol. The van der Waals surface area contributed by atoms with Crippen molar-refractivity contribution in [2.75, 3.05) is 25.2 Å². The van der Waals surface area contributed by atoms with Gasteiger partial charge in [-0.2, -0.15) is 11.8 Å². The molecule has 0 spiro atoms. The number of hydrogen-bond acceptors (Lipinski definition) is 3. The summed E-state index contributed by atoms with van der Waals surface area (Å²) in [5, 5.41) is 3.32. The van der Waals surface area contributed by atoms with Crippen LogP contribution in [0.3, 0.4) is 0 Å². The lowest BCUT2D eigenvalue weighted by Gasteiger charge is -2.17. The van der Waals surface area contributed by atoms with E-state index in [0.717, 1.165) is 24.3 Å². The van der Waals surface area contributed by atoms with Gasteiger partial charge in [-0.25, -0.2) is 4.39 Å². The van der Waals surface area contributed by atoms with Gasteiger partial charge in [-0.3, -0.25) is 0 Å². The van der Waals surface area contributed by atoms with Crippen molar-refractivity contribution in [2.24, 2.45) is 0 Å². The Balaban J connectivity index is 2.70. The molecule has 0 aliphatic rings. The fourth-order valence-electron chi connectivity index (χ4n) is 1.79. The van der Waals surface area contributed by atoms with Crippen LogP contribution in [-0.2, 0) is 0 Å². The monoisotopic (exact) mass is 271 g/mol. The normalized spacial score (nSPS) is 12.4. The maximum atomic E-state index is 13.3. The van der Waals surface area contributed by atoms with Crippen molar-refractivity contribution < 1.29 is 9.13 Å². The fraction of sp³-hybridized carbons (Fsp3) is 0.571. The number of rotatable bonds is 8. The summed E-state index contributed by atoms with van der Waals surface area (Å²) in [5.74, 6) is 1.47. The highest BCUT2D eigenvalue weighted by molar-refractivity contribution is 7.98. The molecule has 0 fully saturated rings. The zero-order valence-corrected chi connectivity index (χ0v) is 12.1. The summed E-state index contributed by atoms with van der Waals surface area (Å²) < 4.78 is 19.0. The van der Waals surface area contributed by atoms with E-state index in [2.05, 4.69) is 25.4 Å². The summed E-state index contributed by atoms with van der Waals surface area (Å²) in [4.78, 5) is 0. The molecular weight excluding hydrogens is 249 g/mol. The molecule has 0 saturated carbocycles. The van der Waals surface area contributed by atoms with Gasteiger partial charge in [-0.15, -0.1) is 0 Å². The third kappa shape index (κ3) is 4.86. The van der Waals surface area contributed by atoms with Gasteiger partial charge in [0, 0.05) is 17.7 Å². The molecule has 18 heavy (non-hydrogen) atoms. The molecular formula is C14H22FNOS. The van der Waals surface area contributed by atoms with E-state index in [1.54, 1.807) is 17.8 Å². The molecule has 1 N–H and O–H groups in total. The van der Waals surface area contributed by atoms with Crippen LogP contribution in [0.1, 0.15) is 31.9 Å². The third-order valence-corrected chi connectivity index (χ3v) is 3.40. The molecule has 4 heteroatoms. The van der Waals surface area contributed by atoms with Crippen LogP contribution < -0.4 is 10.1 Å². The SMILES string of the molecule is CCNC(C)c1ccc(F)cc1OCCCSC. The maximum Gasteiger partial charge on any atom is 0.126 e. The van der Waals surface area contributed by atoms with E-state index < -0.39 is 0 Å². The second kappa shape index (κ2) is 8.38. The van der Waals surface area contributed by atoms with E-state index in [9.17, 15) is 4.39 Å². The lowest BCUT2D eigenvalue weighted by molar-refractivity contribution is 0.310. The Morgan fingerprint density at radius 2 is 2.22 bits per heavy atom. The average molecular weight is 271 g/mol. The molecule has 1 aromatic rings. The summed E-state index contributed by atoms with van der Waals surface area (Å²) in [6.07, 6.45) is 3.05. The highest BCUT2D eigenvalue weighted by Gasteiger charge is 2.11. The van der Waals surface area contributed by atoms with E-state index >= 15 is 0 Å². The fourth-order valence-corrected chi connectivity index (χ4v) is 2.20. The van der Waals surface area contributed by atoms with Crippen molar-refractivity contribution in [2.45, 2.75) is 26.3 Å². The first-order valence-corrected chi connectivity index (χ1v) is 7.73. The first-order chi connectivity index (χ1) is 8.69. The lowest BCUT2D eigenvalue weighted by Crippen LogP contribution is -2.18. The Kier molecular flexibility index (Phi) is 7.13. The molecule has 1 unspecified atom stereocenters. The van der Waals surface area contributed by atoms with Crippen LogP contribution in [-0.4, -0.2) is 25.2 Å². The van der Waals surface area contributed by atoms with Gasteiger partial charge in [0.05, 0.1) is 6.61 Å². The van der Waals surface area contributed by atoms with Gasteiger partial charge in [0.2, 0.25) is 0 Å². The van der Waals surface area contributed by atoms with Crippen LogP contribution in [0.2, 0.25) is 0 Å². The van der Waals surface area contributed by atoms with Gasteiger partial charge in [0.1, 0.15) is 11.6 Å². The molecule has 0 amide bonds. The van der Waals surface area contributed by atoms with Crippen LogP contribution in [0.15, 0.2) is 18.2 Å². The first-order valence-electron chi connectivity index (χ1n) is 6.33. The van der Waals surface area contributed by atoms with Crippen LogP contribution in [0.5, 0.6) is 5.75 Å². The van der Waals surface area contributed by atoms with Gasteiger partial charge in [-0.05, 0) is 38.0 Å². The molecule has 0 aliphatic carbocycles. The van der Waals surface area contributed by atoms with E-state index in [4.69, 9.17) is 4.74 Å². The van der Waals surface area contributed by atoms with E-state index in [0.29, 0.717) is 12.4 Å². The second-order valence-corrected chi connectivity index (χ2v) is 5.14. The number of halogens is 1. The van der Waals surface area contributed by atoms with Gasteiger partial charge in [0.15, 0.2) is 0 Å². The molecule has 0 saturated heterocycles. The Bertz CT molecular complexity index is 360. The molecule has 0 aliphatic heterocycles. The Morgan fingerprint density at radius 3 is 2.89 bits per heavy atom. The summed E-state index contributed by atoms with van der Waals surface area (Å²) >= 11 is 1.79. The van der Waals surface area contributed by atoms with Crippen molar-refractivity contribution in [3.63, 3.8) is 0 Å². The van der Waals surface area contributed by atoms with Crippen LogP contribution >= 0.6 is 11.8 Å². The Labute approximate surface area is 113 Å². The Hall–Kier alpha value is -0.740. The minimum Gasteiger partial charge on any atom is -0.493 e. The lowest BCUT2D eigenvalue weighted by atomic mass is 10.1. The van der Waals surface area contributed by atoms with Gasteiger partial charge in [-0.1, -0.05) is 13.0 Å². The van der Waals surface area contributed by atoms with Crippen molar-refractivity contribution in [1.82, 2.24) is 5.32 Å². The van der Waals surface area contributed by atoms with Crippen molar-refractivity contribution in [3.05, 3.63) is 29.6 Å². The number of nitrogens with one attached hydrogen (secondary N) is 1. The molecule has 0 radical (unpaired) electrons. The molecule has 0 heterocycles. The predicted octanol–water partition coefficient (Wildman–Crippen LogP) is 3.63. The van der Waals surface area contributed by atoms with Crippen LogP contribution in [0.4, 0.5) is 4.39 Å². The molecule has 0 aromatic heterocycles. The van der Waals surface area contributed by atoms with Crippen molar-refractivity contribution >= 4 is 11.8 Å². The molecule has 1 aromatic carbocycles. The standard InChI is InChI=1S/C14H22FNOS/c1-4-16-11(2)13-7-6-12(15)10-14(13)17-8-5-9-18-3/h6-7,10-11,16H,4-5,8-9H2,1-3H3. The van der Waals surface area contributed by atoms with Gasteiger partial charge < -0.3 is 10.1 Å². The summed E-state index contributed by atoms with van der Waals surface area (Å²) in [6, 6.07) is 4.93. The number of hydrogen-bond donors (Lipinski definition) is 1. The van der Waals surface area contributed by atoms with Crippen molar-refractivity contribution in [3.8, 4) is 5.75 Å². The topological polar surface area (TPSA) is 21.3 Å².